The van der Waals surface area contributed by atoms with E-state index in [0.717, 1.165) is 59.1 Å². The zero-order valence-electron chi connectivity index (χ0n) is 45.8. The summed E-state index contributed by atoms with van der Waals surface area (Å²) < 4.78 is 43.0. The SMILES string of the molecule is CC[C@H](C)[C@H](NC(=O)CNC(=O)CNS(=O)(=O)c1ccccc1[N+](=O)[O-])C(=O)NCC(=O)NC(CSc1[nH]c2ccccc2c1C)C(=O)NC(CC(N)=O)C(=O)N1CC(OC)C[C@H]1C(=O)N[C@H](C(=O)O)[C@@H](C)[C@H](COC(C)=O)OC(C)=O. The Labute approximate surface area is 474 Å². The zero-order chi connectivity index (χ0) is 61.2. The van der Waals surface area contributed by atoms with Crippen LogP contribution in [0.25, 0.3) is 10.9 Å². The number of methoxy groups -OCH3 is 1. The van der Waals surface area contributed by atoms with Crippen molar-refractivity contribution in [2.45, 2.75) is 113 Å². The summed E-state index contributed by atoms with van der Waals surface area (Å²) in [5, 5.41) is 37.4. The van der Waals surface area contributed by atoms with E-state index in [9.17, 15) is 76.4 Å². The molecule has 448 valence electrons. The number of nitrogens with zero attached hydrogens (tertiary/aromatic N) is 2. The van der Waals surface area contributed by atoms with Crippen molar-refractivity contribution in [1.29, 1.82) is 0 Å². The largest absolute Gasteiger partial charge is 0.480 e. The van der Waals surface area contributed by atoms with Gasteiger partial charge >= 0.3 is 17.9 Å². The molecule has 1 saturated heterocycles. The van der Waals surface area contributed by atoms with Crippen molar-refractivity contribution >= 4 is 104 Å². The molecule has 11 N–H and O–H groups in total. The van der Waals surface area contributed by atoms with Gasteiger partial charge in [0.25, 0.3) is 5.69 Å². The van der Waals surface area contributed by atoms with Crippen molar-refractivity contribution in [2.24, 2.45) is 17.6 Å². The number of rotatable bonds is 31. The number of amides is 8. The molecule has 82 heavy (non-hydrogen) atoms. The standard InChI is InChI=1S/C50H67N11O19S2/c1-8-25(2)43(58-42(67)19-52-40(65)21-54-82(76,77)38-16-12-11-15-35(38)61(74)75)47(70)53-20-41(66)55-34(24-81-48-26(3)31-13-9-10-14-32(31)57-48)45(68)56-33(18-39(51)64)49(71)60-22-30(78-7)17-36(60)46(69)59-44(50(72)73)27(4)37(80-29(6)63)23-79-28(5)62/h9-16,25,27,30,33-34,36-37,43-44,54,57H,8,17-24H2,1-7H3,(H2,51,64)(H,52,65)(H,53,70)(H,55,66)(H,56,68)(H,58,67)(H,59,69)(H,72,73)/t25-,27-,30?,33?,34?,36-,37-,43-,44-/m0/s1. The van der Waals surface area contributed by atoms with E-state index in [-0.39, 0.29) is 18.7 Å². The Morgan fingerprint density at radius 3 is 2.11 bits per heavy atom. The number of esters is 2. The van der Waals surface area contributed by atoms with Gasteiger partial charge in [0.05, 0.1) is 42.1 Å². The van der Waals surface area contributed by atoms with Crippen LogP contribution in [0.4, 0.5) is 5.69 Å². The van der Waals surface area contributed by atoms with E-state index in [1.807, 2.05) is 29.8 Å². The highest BCUT2D eigenvalue weighted by molar-refractivity contribution is 7.99. The second-order valence-corrected chi connectivity index (χ2v) is 21.8. The van der Waals surface area contributed by atoms with Crippen molar-refractivity contribution in [3.05, 3.63) is 64.2 Å². The molecule has 1 aromatic heterocycles. The number of nitro benzene ring substituents is 1. The number of hydrogen-bond acceptors (Lipinski definition) is 19. The molecule has 1 aliphatic heterocycles. The minimum absolute atomic E-state index is 0.200. The molecule has 0 radical (unpaired) electrons. The lowest BCUT2D eigenvalue weighted by molar-refractivity contribution is -0.387. The summed E-state index contributed by atoms with van der Waals surface area (Å²) in [7, 11) is -3.26. The first kappa shape index (κ1) is 66.3. The third-order valence-electron chi connectivity index (χ3n) is 13.1. The molecule has 0 spiro atoms. The zero-order valence-corrected chi connectivity index (χ0v) is 47.4. The number of aryl methyl sites for hydroxylation is 1. The number of nitrogens with two attached hydrogens (primary N) is 1. The topological polar surface area (TPSA) is 442 Å². The van der Waals surface area contributed by atoms with Crippen LogP contribution >= 0.6 is 11.8 Å². The first-order valence-corrected chi connectivity index (χ1v) is 27.9. The number of aromatic nitrogens is 1. The molecule has 2 heterocycles. The molecule has 2 aromatic carbocycles. The van der Waals surface area contributed by atoms with Gasteiger partial charge in [0.2, 0.25) is 57.3 Å². The van der Waals surface area contributed by atoms with Crippen molar-refractivity contribution in [3.63, 3.8) is 0 Å². The molecule has 30 nitrogen and oxygen atoms in total. The molecule has 3 aromatic rings. The number of carboxylic acid groups (broad SMARTS) is 1. The smallest absolute Gasteiger partial charge is 0.326 e. The van der Waals surface area contributed by atoms with Crippen LogP contribution in [-0.2, 0) is 77.0 Å². The quantitative estimate of drug-likeness (QED) is 0.0150. The number of primary amides is 1. The number of ether oxygens (including phenoxy) is 3. The third kappa shape index (κ3) is 18.9. The minimum Gasteiger partial charge on any atom is -0.480 e. The van der Waals surface area contributed by atoms with Crippen molar-refractivity contribution < 1.29 is 85.4 Å². The number of carbonyl (C=O) groups excluding carboxylic acids is 10. The van der Waals surface area contributed by atoms with Crippen LogP contribution in [0.15, 0.2) is 58.5 Å². The van der Waals surface area contributed by atoms with Crippen molar-refractivity contribution in [1.82, 2.24) is 46.5 Å². The van der Waals surface area contributed by atoms with Crippen LogP contribution in [0.5, 0.6) is 0 Å². The van der Waals surface area contributed by atoms with E-state index in [2.05, 4.69) is 36.9 Å². The molecule has 32 heteroatoms. The molecular weight excluding hydrogens is 1120 g/mol. The normalized spacial score (nSPS) is 16.6. The highest BCUT2D eigenvalue weighted by atomic mass is 32.2. The Morgan fingerprint density at radius 2 is 1.50 bits per heavy atom. The van der Waals surface area contributed by atoms with Gasteiger partial charge in [-0.05, 0) is 30.5 Å². The maximum atomic E-state index is 14.5. The molecule has 4 rings (SSSR count). The summed E-state index contributed by atoms with van der Waals surface area (Å²) in [6.07, 6.45) is -2.89. The summed E-state index contributed by atoms with van der Waals surface area (Å²) >= 11 is 1.10. The number of carbonyl (C=O) groups is 11. The number of thioether (sulfide) groups is 1. The van der Waals surface area contributed by atoms with E-state index in [4.69, 9.17) is 19.9 Å². The van der Waals surface area contributed by atoms with Gasteiger partial charge in [-0.3, -0.25) is 58.1 Å². The van der Waals surface area contributed by atoms with Gasteiger partial charge in [0.1, 0.15) is 42.9 Å². The Kier molecular flexibility index (Phi) is 24.7. The van der Waals surface area contributed by atoms with Gasteiger partial charge in [-0.15, -0.1) is 11.8 Å². The van der Waals surface area contributed by atoms with Gasteiger partial charge in [0.15, 0.2) is 4.90 Å². The van der Waals surface area contributed by atoms with E-state index in [1.165, 1.54) is 26.2 Å². The van der Waals surface area contributed by atoms with Gasteiger partial charge < -0.3 is 66.8 Å². The number of nitrogens with one attached hydrogen (secondary N) is 8. The molecule has 0 bridgehead atoms. The number of hydrogen-bond donors (Lipinski definition) is 10. The maximum absolute atomic E-state index is 14.5. The summed E-state index contributed by atoms with van der Waals surface area (Å²) in [6.45, 7) is 5.25. The summed E-state index contributed by atoms with van der Waals surface area (Å²) in [5.74, 6) is -13.1. The third-order valence-corrected chi connectivity index (χ3v) is 15.7. The number of aromatic amines is 1. The van der Waals surface area contributed by atoms with Crippen LogP contribution in [0.1, 0.15) is 59.4 Å². The van der Waals surface area contributed by atoms with Gasteiger partial charge in [-0.2, -0.15) is 0 Å². The highest BCUT2D eigenvalue weighted by Crippen LogP contribution is 2.30. The van der Waals surface area contributed by atoms with Crippen LogP contribution in [0.3, 0.4) is 0 Å². The number of nitro groups is 1. The fourth-order valence-electron chi connectivity index (χ4n) is 8.44. The average molecular weight is 1190 g/mol. The summed E-state index contributed by atoms with van der Waals surface area (Å²) in [4.78, 5) is 158. The van der Waals surface area contributed by atoms with Crippen molar-refractivity contribution in [3.8, 4) is 0 Å². The second kappa shape index (κ2) is 30.5. The van der Waals surface area contributed by atoms with Gasteiger partial charge in [-0.1, -0.05) is 57.5 Å². The number of likely N-dealkylation sites (tertiary alicyclic amines) is 1. The van der Waals surface area contributed by atoms with Gasteiger partial charge in [-0.25, -0.2) is 17.9 Å². The lowest BCUT2D eigenvalue weighted by Crippen LogP contribution is -2.60. The van der Waals surface area contributed by atoms with Crippen LogP contribution < -0.4 is 42.4 Å². The Bertz CT molecular complexity index is 3010. The number of H-pyrrole nitrogens is 1. The molecule has 9 atom stereocenters. The Balaban J connectivity index is 1.51. The number of sulfonamides is 1. The average Bonchev–Trinajstić information content (AvgIpc) is 4.16. The Morgan fingerprint density at radius 1 is 0.854 bits per heavy atom. The van der Waals surface area contributed by atoms with E-state index < -0.39 is 178 Å². The van der Waals surface area contributed by atoms with E-state index in [1.54, 1.807) is 19.9 Å². The highest BCUT2D eigenvalue weighted by Gasteiger charge is 2.45. The number of carboxylic acids is 1. The predicted octanol–water partition coefficient (Wildman–Crippen LogP) is -1.62. The molecule has 8 amide bonds. The maximum Gasteiger partial charge on any atom is 0.326 e. The first-order chi connectivity index (χ1) is 38.6. The summed E-state index contributed by atoms with van der Waals surface area (Å²) in [6, 6.07) is 3.81. The molecule has 1 aliphatic rings. The number of benzene rings is 2. The molecule has 0 saturated carbocycles. The molecule has 3 unspecified atom stereocenters. The fraction of sp³-hybridized carbons (Fsp3) is 0.500. The fourth-order valence-corrected chi connectivity index (χ4v) is 10.7. The van der Waals surface area contributed by atoms with Crippen LogP contribution in [0, 0.1) is 28.9 Å². The number of aliphatic carboxylic acids is 1. The molecule has 0 aliphatic carbocycles. The monoisotopic (exact) mass is 1190 g/mol. The number of fused-ring (bicyclic) bond motifs is 1. The van der Waals surface area contributed by atoms with Crippen LogP contribution in [-0.4, -0.2) is 182 Å². The first-order valence-electron chi connectivity index (χ1n) is 25.4. The summed E-state index contributed by atoms with van der Waals surface area (Å²) in [5.41, 5.74) is 6.38. The predicted molar refractivity (Wildman–Crippen MR) is 289 cm³/mol. The molecule has 1 fully saturated rings. The van der Waals surface area contributed by atoms with Gasteiger partial charge in [0, 0.05) is 62.6 Å². The van der Waals surface area contributed by atoms with E-state index >= 15 is 0 Å². The lowest BCUT2D eigenvalue weighted by atomic mass is 9.95. The Hall–Kier alpha value is -8.23. The number of para-hydroxylation sites is 2. The second-order valence-electron chi connectivity index (χ2n) is 19.0. The minimum atomic E-state index is -4.55. The van der Waals surface area contributed by atoms with Crippen molar-refractivity contribution in [2.75, 3.05) is 45.6 Å². The van der Waals surface area contributed by atoms with E-state index in [0.29, 0.717) is 11.4 Å². The molecular formula is C50H67N11O19S2. The van der Waals surface area contributed by atoms with Crippen LogP contribution in [0.2, 0.25) is 0 Å². The lowest BCUT2D eigenvalue weighted by Gasteiger charge is -2.32.